The summed E-state index contributed by atoms with van der Waals surface area (Å²) in [6.45, 7) is 5.82. The van der Waals surface area contributed by atoms with E-state index in [0.29, 0.717) is 0 Å². The number of furan rings is 1. The highest BCUT2D eigenvalue weighted by Crippen LogP contribution is 2.04. The zero-order chi connectivity index (χ0) is 12.0. The molecule has 0 spiro atoms. The van der Waals surface area contributed by atoms with Gasteiger partial charge < -0.3 is 9.73 Å². The number of carbonyl (C=O) groups is 1. The number of hydrogen-bond donors (Lipinski definition) is 1. The van der Waals surface area contributed by atoms with Gasteiger partial charge in [-0.15, -0.1) is 0 Å². The van der Waals surface area contributed by atoms with Gasteiger partial charge in [-0.05, 0) is 32.4 Å². The summed E-state index contributed by atoms with van der Waals surface area (Å²) in [4.78, 5) is 11.7. The fourth-order valence-corrected chi connectivity index (χ4v) is 1.52. The first kappa shape index (κ1) is 12.6. The molecular formula is C13H19NO2. The third kappa shape index (κ3) is 3.93. The minimum absolute atomic E-state index is 0.000839. The van der Waals surface area contributed by atoms with E-state index in [4.69, 9.17) is 4.42 Å². The molecule has 0 unspecified atom stereocenters. The number of hydrogen-bond acceptors (Lipinski definition) is 2. The molecule has 1 aromatic heterocycles. The fraction of sp³-hybridized carbons (Fsp3) is 0.462. The normalized spacial score (nSPS) is 13.6. The molecule has 0 aromatic carbocycles. The van der Waals surface area contributed by atoms with Crippen LogP contribution in [0, 0.1) is 0 Å². The van der Waals surface area contributed by atoms with Crippen molar-refractivity contribution in [2.45, 2.75) is 39.7 Å². The Kier molecular flexibility index (Phi) is 4.83. The van der Waals surface area contributed by atoms with E-state index in [1.807, 2.05) is 39.0 Å². The first-order valence-corrected chi connectivity index (χ1v) is 5.63. The van der Waals surface area contributed by atoms with E-state index in [2.05, 4.69) is 5.32 Å². The van der Waals surface area contributed by atoms with Crippen molar-refractivity contribution in [3.05, 3.63) is 35.8 Å². The summed E-state index contributed by atoms with van der Waals surface area (Å²) in [6.07, 6.45) is 5.17. The maximum absolute atomic E-state index is 11.7. The summed E-state index contributed by atoms with van der Waals surface area (Å²) in [7, 11) is 0. The van der Waals surface area contributed by atoms with E-state index in [1.54, 1.807) is 6.26 Å². The fourth-order valence-electron chi connectivity index (χ4n) is 1.52. The average Bonchev–Trinajstić information content (AvgIpc) is 2.70. The Labute approximate surface area is 96.5 Å². The Balaban J connectivity index is 2.42. The molecule has 0 radical (unpaired) electrons. The Morgan fingerprint density at radius 1 is 1.62 bits per heavy atom. The molecule has 0 aliphatic heterocycles. The van der Waals surface area contributed by atoms with Crippen molar-refractivity contribution in [1.29, 1.82) is 0 Å². The molecule has 3 heteroatoms. The van der Waals surface area contributed by atoms with Crippen molar-refractivity contribution in [1.82, 2.24) is 5.32 Å². The lowest BCUT2D eigenvalue weighted by atomic mass is 10.1. The molecule has 0 fully saturated rings. The zero-order valence-corrected chi connectivity index (χ0v) is 10.1. The SMILES string of the molecule is CC/C=C(/C)C(=O)N[C@H](C)Cc1ccco1. The van der Waals surface area contributed by atoms with Crippen LogP contribution in [-0.2, 0) is 11.2 Å². The van der Waals surface area contributed by atoms with E-state index >= 15 is 0 Å². The van der Waals surface area contributed by atoms with Crippen LogP contribution in [0.15, 0.2) is 34.5 Å². The topological polar surface area (TPSA) is 42.2 Å². The lowest BCUT2D eigenvalue weighted by molar-refractivity contribution is -0.118. The quantitative estimate of drug-likeness (QED) is 0.777. The van der Waals surface area contributed by atoms with Crippen LogP contribution in [0.3, 0.4) is 0 Å². The predicted octanol–water partition coefficient (Wildman–Crippen LogP) is 2.68. The second-order valence-corrected chi connectivity index (χ2v) is 3.95. The molecule has 1 aromatic rings. The number of amides is 1. The maximum atomic E-state index is 11.7. The van der Waals surface area contributed by atoms with Crippen molar-refractivity contribution < 1.29 is 9.21 Å². The Morgan fingerprint density at radius 2 is 2.38 bits per heavy atom. The van der Waals surface area contributed by atoms with Crippen LogP contribution in [0.25, 0.3) is 0 Å². The van der Waals surface area contributed by atoms with Crippen molar-refractivity contribution in [2.24, 2.45) is 0 Å². The van der Waals surface area contributed by atoms with Gasteiger partial charge in [0, 0.05) is 18.0 Å². The molecule has 3 nitrogen and oxygen atoms in total. The average molecular weight is 221 g/mol. The molecule has 0 aliphatic carbocycles. The number of carbonyl (C=O) groups excluding carboxylic acids is 1. The van der Waals surface area contributed by atoms with Gasteiger partial charge >= 0.3 is 0 Å². The highest BCUT2D eigenvalue weighted by molar-refractivity contribution is 5.92. The van der Waals surface area contributed by atoms with Crippen molar-refractivity contribution in [3.63, 3.8) is 0 Å². The number of nitrogens with one attached hydrogen (secondary N) is 1. The highest BCUT2D eigenvalue weighted by atomic mass is 16.3. The number of rotatable bonds is 5. The molecule has 1 heterocycles. The Bertz CT molecular complexity index is 352. The lowest BCUT2D eigenvalue weighted by Gasteiger charge is -2.12. The molecule has 1 amide bonds. The molecule has 0 bridgehead atoms. The summed E-state index contributed by atoms with van der Waals surface area (Å²) in [6, 6.07) is 3.85. The first-order chi connectivity index (χ1) is 7.63. The molecule has 0 saturated carbocycles. The van der Waals surface area contributed by atoms with Gasteiger partial charge in [0.1, 0.15) is 5.76 Å². The predicted molar refractivity (Wildman–Crippen MR) is 64.1 cm³/mol. The van der Waals surface area contributed by atoms with Crippen molar-refractivity contribution >= 4 is 5.91 Å². The van der Waals surface area contributed by atoms with E-state index in [-0.39, 0.29) is 11.9 Å². The molecule has 0 saturated heterocycles. The second-order valence-electron chi connectivity index (χ2n) is 3.95. The van der Waals surface area contributed by atoms with Gasteiger partial charge in [-0.25, -0.2) is 0 Å². The largest absolute Gasteiger partial charge is 0.469 e. The molecular weight excluding hydrogens is 202 g/mol. The van der Waals surface area contributed by atoms with Crippen LogP contribution in [0.1, 0.15) is 33.0 Å². The van der Waals surface area contributed by atoms with Gasteiger partial charge in [0.15, 0.2) is 0 Å². The molecule has 16 heavy (non-hydrogen) atoms. The molecule has 88 valence electrons. The van der Waals surface area contributed by atoms with Gasteiger partial charge in [-0.2, -0.15) is 0 Å². The van der Waals surface area contributed by atoms with Gasteiger partial charge in [0.25, 0.3) is 0 Å². The number of allylic oxidation sites excluding steroid dienone is 1. The summed E-state index contributed by atoms with van der Waals surface area (Å²) < 4.78 is 5.23. The minimum atomic E-state index is 0.000839. The molecule has 1 N–H and O–H groups in total. The van der Waals surface area contributed by atoms with Crippen LogP contribution >= 0.6 is 0 Å². The maximum Gasteiger partial charge on any atom is 0.246 e. The van der Waals surface area contributed by atoms with Crippen molar-refractivity contribution in [2.75, 3.05) is 0 Å². The third-order valence-electron chi connectivity index (χ3n) is 2.33. The smallest absolute Gasteiger partial charge is 0.246 e. The van der Waals surface area contributed by atoms with Gasteiger partial charge in [-0.1, -0.05) is 13.0 Å². The van der Waals surface area contributed by atoms with Gasteiger partial charge in [0.05, 0.1) is 6.26 Å². The lowest BCUT2D eigenvalue weighted by Crippen LogP contribution is -2.34. The van der Waals surface area contributed by atoms with Crippen LogP contribution in [-0.4, -0.2) is 11.9 Å². The first-order valence-electron chi connectivity index (χ1n) is 5.63. The Morgan fingerprint density at radius 3 is 2.94 bits per heavy atom. The summed E-state index contributed by atoms with van der Waals surface area (Å²) in [5.74, 6) is 0.894. The van der Waals surface area contributed by atoms with Crippen LogP contribution < -0.4 is 5.32 Å². The van der Waals surface area contributed by atoms with Crippen LogP contribution in [0.2, 0.25) is 0 Å². The monoisotopic (exact) mass is 221 g/mol. The van der Waals surface area contributed by atoms with Gasteiger partial charge in [-0.3, -0.25) is 4.79 Å². The third-order valence-corrected chi connectivity index (χ3v) is 2.33. The van der Waals surface area contributed by atoms with E-state index in [9.17, 15) is 4.79 Å². The highest BCUT2D eigenvalue weighted by Gasteiger charge is 2.10. The van der Waals surface area contributed by atoms with Crippen LogP contribution in [0.4, 0.5) is 0 Å². The summed E-state index contributed by atoms with van der Waals surface area (Å²) in [5.41, 5.74) is 0.772. The summed E-state index contributed by atoms with van der Waals surface area (Å²) >= 11 is 0. The zero-order valence-electron chi connectivity index (χ0n) is 10.1. The summed E-state index contributed by atoms with van der Waals surface area (Å²) in [5, 5.41) is 2.94. The van der Waals surface area contributed by atoms with Crippen molar-refractivity contribution in [3.8, 4) is 0 Å². The minimum Gasteiger partial charge on any atom is -0.469 e. The van der Waals surface area contributed by atoms with Crippen LogP contribution in [0.5, 0.6) is 0 Å². The van der Waals surface area contributed by atoms with E-state index < -0.39 is 0 Å². The van der Waals surface area contributed by atoms with E-state index in [1.165, 1.54) is 0 Å². The second kappa shape index (κ2) is 6.16. The van der Waals surface area contributed by atoms with E-state index in [0.717, 1.165) is 24.2 Å². The molecule has 1 atom stereocenters. The molecule has 0 aliphatic rings. The van der Waals surface area contributed by atoms with Gasteiger partial charge in [0.2, 0.25) is 5.91 Å². The Hall–Kier alpha value is -1.51. The standard InChI is InChI=1S/C13H19NO2/c1-4-6-10(2)13(15)14-11(3)9-12-7-5-8-16-12/h5-8,11H,4,9H2,1-3H3,(H,14,15)/b10-6-/t11-/m1/s1. The molecule has 1 rings (SSSR count).